The van der Waals surface area contributed by atoms with Gasteiger partial charge < -0.3 is 15.1 Å². The van der Waals surface area contributed by atoms with Crippen molar-refractivity contribution in [2.24, 2.45) is 5.92 Å². The summed E-state index contributed by atoms with van der Waals surface area (Å²) in [5.41, 5.74) is 0. The number of carbonyl (C=O) groups excluding carboxylic acids is 1. The number of nitrogens with zero attached hydrogens (tertiary/aromatic N) is 2. The predicted octanol–water partition coefficient (Wildman–Crippen LogP) is 1.07. The highest BCUT2D eigenvalue weighted by Gasteiger charge is 2.35. The van der Waals surface area contributed by atoms with Gasteiger partial charge in [0, 0.05) is 25.7 Å². The average Bonchev–Trinajstić information content (AvgIpc) is 2.48. The van der Waals surface area contributed by atoms with E-state index in [1.165, 1.54) is 45.2 Å². The average molecular weight is 265 g/mol. The highest BCUT2D eigenvalue weighted by Crippen LogP contribution is 2.27. The summed E-state index contributed by atoms with van der Waals surface area (Å²) in [7, 11) is 0. The van der Waals surface area contributed by atoms with Gasteiger partial charge in [0.05, 0.1) is 6.04 Å². The number of piperidine rings is 4. The molecule has 108 valence electrons. The first-order chi connectivity index (χ1) is 9.24. The molecule has 1 N–H and O–H groups in total. The lowest BCUT2D eigenvalue weighted by Crippen LogP contribution is -2.60. The molecular formula is C15H27N3O. The molecule has 0 unspecified atom stereocenters. The van der Waals surface area contributed by atoms with E-state index in [1.54, 1.807) is 0 Å². The fourth-order valence-electron chi connectivity index (χ4n) is 3.93. The molecule has 0 spiro atoms. The minimum Gasteiger partial charge on any atom is -0.341 e. The van der Waals surface area contributed by atoms with E-state index in [4.69, 9.17) is 0 Å². The van der Waals surface area contributed by atoms with Crippen molar-refractivity contribution in [2.75, 3.05) is 32.7 Å². The van der Waals surface area contributed by atoms with Crippen LogP contribution < -0.4 is 5.32 Å². The largest absolute Gasteiger partial charge is 0.341 e. The van der Waals surface area contributed by atoms with Crippen LogP contribution in [-0.4, -0.2) is 60.5 Å². The molecule has 0 radical (unpaired) electrons. The van der Waals surface area contributed by atoms with Crippen LogP contribution >= 0.6 is 0 Å². The first-order valence-corrected chi connectivity index (χ1v) is 8.01. The lowest BCUT2D eigenvalue weighted by molar-refractivity contribution is -0.134. The van der Waals surface area contributed by atoms with Gasteiger partial charge in [0.15, 0.2) is 0 Å². The van der Waals surface area contributed by atoms with Crippen molar-refractivity contribution >= 4 is 5.91 Å². The van der Waals surface area contributed by atoms with Crippen LogP contribution in [-0.2, 0) is 4.79 Å². The monoisotopic (exact) mass is 265 g/mol. The van der Waals surface area contributed by atoms with E-state index in [0.29, 0.717) is 11.9 Å². The van der Waals surface area contributed by atoms with E-state index in [1.807, 2.05) is 0 Å². The smallest absolute Gasteiger partial charge is 0.239 e. The first-order valence-electron chi connectivity index (χ1n) is 8.01. The minimum atomic E-state index is -0.0105. The molecule has 4 aliphatic heterocycles. The van der Waals surface area contributed by atoms with E-state index < -0.39 is 0 Å². The van der Waals surface area contributed by atoms with Gasteiger partial charge in [0.2, 0.25) is 5.91 Å². The lowest BCUT2D eigenvalue weighted by Gasteiger charge is -2.46. The number of fused-ring (bicyclic) bond motifs is 3. The SMILES string of the molecule is C[C@@H](N[C@@H]1CN2CCC1CC2)C(=O)N1CCCCC1. The summed E-state index contributed by atoms with van der Waals surface area (Å²) in [6.07, 6.45) is 6.26. The molecule has 19 heavy (non-hydrogen) atoms. The third-order valence-electron chi connectivity index (χ3n) is 5.16. The van der Waals surface area contributed by atoms with Crippen LogP contribution in [0.4, 0.5) is 0 Å². The van der Waals surface area contributed by atoms with E-state index in [-0.39, 0.29) is 6.04 Å². The number of rotatable bonds is 3. The van der Waals surface area contributed by atoms with E-state index >= 15 is 0 Å². The number of likely N-dealkylation sites (tertiary alicyclic amines) is 1. The molecule has 0 aromatic heterocycles. The maximum Gasteiger partial charge on any atom is 0.239 e. The molecule has 4 nitrogen and oxygen atoms in total. The van der Waals surface area contributed by atoms with Crippen LogP contribution in [0.2, 0.25) is 0 Å². The zero-order chi connectivity index (χ0) is 13.2. The van der Waals surface area contributed by atoms with Crippen molar-refractivity contribution in [3.63, 3.8) is 0 Å². The zero-order valence-corrected chi connectivity index (χ0v) is 12.1. The van der Waals surface area contributed by atoms with Gasteiger partial charge in [0.1, 0.15) is 0 Å². The maximum atomic E-state index is 12.4. The molecule has 2 atom stereocenters. The Labute approximate surface area is 116 Å². The Hall–Kier alpha value is -0.610. The molecule has 0 aromatic carbocycles. The standard InChI is InChI=1S/C15H27N3O/c1-12(15(19)18-7-3-2-4-8-18)16-14-11-17-9-5-13(14)6-10-17/h12-14,16H,2-11H2,1H3/t12-,14-/m1/s1. The molecule has 4 heterocycles. The number of nitrogens with one attached hydrogen (secondary N) is 1. The highest BCUT2D eigenvalue weighted by atomic mass is 16.2. The zero-order valence-electron chi connectivity index (χ0n) is 12.1. The van der Waals surface area contributed by atoms with Crippen molar-refractivity contribution in [3.8, 4) is 0 Å². The van der Waals surface area contributed by atoms with E-state index in [0.717, 1.165) is 25.6 Å². The predicted molar refractivity (Wildman–Crippen MR) is 76.0 cm³/mol. The second-order valence-corrected chi connectivity index (χ2v) is 6.52. The Bertz CT molecular complexity index is 319. The molecule has 4 rings (SSSR count). The first kappa shape index (κ1) is 13.4. The maximum absolute atomic E-state index is 12.4. The fourth-order valence-corrected chi connectivity index (χ4v) is 3.93. The fraction of sp³-hybridized carbons (Fsp3) is 0.933. The van der Waals surface area contributed by atoms with Crippen molar-refractivity contribution in [3.05, 3.63) is 0 Å². The molecule has 0 aromatic rings. The van der Waals surface area contributed by atoms with Crippen LogP contribution in [0.1, 0.15) is 39.0 Å². The number of carbonyl (C=O) groups is 1. The van der Waals surface area contributed by atoms with Gasteiger partial charge in [0.25, 0.3) is 0 Å². The van der Waals surface area contributed by atoms with Gasteiger partial charge in [-0.05, 0) is 58.0 Å². The van der Waals surface area contributed by atoms with Gasteiger partial charge in [-0.25, -0.2) is 0 Å². The second-order valence-electron chi connectivity index (χ2n) is 6.52. The number of amides is 1. The van der Waals surface area contributed by atoms with Crippen molar-refractivity contribution < 1.29 is 4.79 Å². The van der Waals surface area contributed by atoms with Crippen LogP contribution in [0.15, 0.2) is 0 Å². The quantitative estimate of drug-likeness (QED) is 0.829. The molecule has 0 saturated carbocycles. The van der Waals surface area contributed by atoms with E-state index in [9.17, 15) is 4.79 Å². The Morgan fingerprint density at radius 2 is 1.79 bits per heavy atom. The van der Waals surface area contributed by atoms with Crippen LogP contribution in [0.25, 0.3) is 0 Å². The van der Waals surface area contributed by atoms with Crippen molar-refractivity contribution in [1.82, 2.24) is 15.1 Å². The van der Waals surface area contributed by atoms with Gasteiger partial charge in [-0.2, -0.15) is 0 Å². The van der Waals surface area contributed by atoms with Crippen molar-refractivity contribution in [2.45, 2.75) is 51.1 Å². The van der Waals surface area contributed by atoms with Gasteiger partial charge >= 0.3 is 0 Å². The Kier molecular flexibility index (Phi) is 4.08. The molecule has 4 heteroatoms. The Morgan fingerprint density at radius 3 is 2.37 bits per heavy atom. The molecule has 4 fully saturated rings. The Balaban J connectivity index is 1.52. The molecule has 4 saturated heterocycles. The molecule has 1 amide bonds. The Morgan fingerprint density at radius 1 is 1.11 bits per heavy atom. The molecular weight excluding hydrogens is 238 g/mol. The molecule has 0 aliphatic carbocycles. The third kappa shape index (κ3) is 2.95. The summed E-state index contributed by atoms with van der Waals surface area (Å²) >= 11 is 0. The van der Waals surface area contributed by atoms with Gasteiger partial charge in [-0.15, -0.1) is 0 Å². The topological polar surface area (TPSA) is 35.6 Å². The minimum absolute atomic E-state index is 0.0105. The summed E-state index contributed by atoms with van der Waals surface area (Å²) in [4.78, 5) is 17.0. The van der Waals surface area contributed by atoms with E-state index in [2.05, 4.69) is 22.0 Å². The van der Waals surface area contributed by atoms with Gasteiger partial charge in [-0.3, -0.25) is 4.79 Å². The van der Waals surface area contributed by atoms with Crippen LogP contribution in [0.5, 0.6) is 0 Å². The van der Waals surface area contributed by atoms with Crippen LogP contribution in [0.3, 0.4) is 0 Å². The van der Waals surface area contributed by atoms with Gasteiger partial charge in [-0.1, -0.05) is 0 Å². The third-order valence-corrected chi connectivity index (χ3v) is 5.16. The molecule has 2 bridgehead atoms. The summed E-state index contributed by atoms with van der Waals surface area (Å²) in [6, 6.07) is 0.523. The summed E-state index contributed by atoms with van der Waals surface area (Å²) < 4.78 is 0. The second kappa shape index (κ2) is 5.80. The summed E-state index contributed by atoms with van der Waals surface area (Å²) in [6.45, 7) is 7.64. The summed E-state index contributed by atoms with van der Waals surface area (Å²) in [5.74, 6) is 1.11. The van der Waals surface area contributed by atoms with Crippen molar-refractivity contribution in [1.29, 1.82) is 0 Å². The van der Waals surface area contributed by atoms with Crippen LogP contribution in [0, 0.1) is 5.92 Å². The normalized spacial score (nSPS) is 36.3. The number of hydrogen-bond acceptors (Lipinski definition) is 3. The lowest BCUT2D eigenvalue weighted by atomic mass is 9.83. The highest BCUT2D eigenvalue weighted by molar-refractivity contribution is 5.81. The number of hydrogen-bond donors (Lipinski definition) is 1. The molecule has 4 aliphatic rings. The summed E-state index contributed by atoms with van der Waals surface area (Å²) in [5, 5.41) is 3.61.